The van der Waals surface area contributed by atoms with Crippen LogP contribution in [0.3, 0.4) is 0 Å². The number of carbonyl (C=O) groups excluding carboxylic acids is 1. The van der Waals surface area contributed by atoms with Crippen molar-refractivity contribution in [2.45, 2.75) is 129 Å². The van der Waals surface area contributed by atoms with E-state index in [0.717, 1.165) is 32.1 Å². The van der Waals surface area contributed by atoms with Crippen LogP contribution in [0.25, 0.3) is 0 Å². The van der Waals surface area contributed by atoms with Crippen molar-refractivity contribution in [3.8, 4) is 0 Å². The lowest BCUT2D eigenvalue weighted by molar-refractivity contribution is -0.170. The minimum absolute atomic E-state index is 0.0565. The van der Waals surface area contributed by atoms with E-state index in [-0.39, 0.29) is 18.0 Å². The fourth-order valence-corrected chi connectivity index (χ4v) is 3.85. The molecule has 3 nitrogen and oxygen atoms in total. The van der Waals surface area contributed by atoms with Crippen LogP contribution in [0.15, 0.2) is 0 Å². The third-order valence-electron chi connectivity index (χ3n) is 5.55. The maximum absolute atomic E-state index is 12.2. The predicted octanol–water partition coefficient (Wildman–Crippen LogP) is 6.17. The lowest BCUT2D eigenvalue weighted by atomic mass is 9.88. The zero-order valence-corrected chi connectivity index (χ0v) is 16.8. The molecule has 0 aromatic rings. The second kappa shape index (κ2) is 14.6. The number of cyclic esters (lactones) is 1. The van der Waals surface area contributed by atoms with Crippen molar-refractivity contribution in [2.24, 2.45) is 5.92 Å². The fraction of sp³-hybridized carbons (Fsp3) is 0.955. The lowest BCUT2D eigenvalue weighted by Gasteiger charge is -2.32. The van der Waals surface area contributed by atoms with Gasteiger partial charge in [0.2, 0.25) is 0 Å². The van der Waals surface area contributed by atoms with Crippen LogP contribution in [0.1, 0.15) is 117 Å². The number of aliphatic hydroxyl groups excluding tert-OH is 1. The molecule has 25 heavy (non-hydrogen) atoms. The Bertz CT molecular complexity index is 329. The van der Waals surface area contributed by atoms with Crippen molar-refractivity contribution in [2.75, 3.05) is 0 Å². The molecule has 1 aliphatic heterocycles. The zero-order valence-electron chi connectivity index (χ0n) is 16.8. The maximum Gasteiger partial charge on any atom is 0.311 e. The molecule has 3 atom stereocenters. The summed E-state index contributed by atoms with van der Waals surface area (Å²) >= 11 is 0. The van der Waals surface area contributed by atoms with Gasteiger partial charge in [0.05, 0.1) is 12.0 Å². The van der Waals surface area contributed by atoms with Crippen LogP contribution in [-0.4, -0.2) is 23.3 Å². The third kappa shape index (κ3) is 10.2. The number of esters is 1. The first-order valence-corrected chi connectivity index (χ1v) is 11.1. The minimum Gasteiger partial charge on any atom is -0.462 e. The van der Waals surface area contributed by atoms with Crippen molar-refractivity contribution in [3.05, 3.63) is 0 Å². The number of rotatable bonds is 15. The summed E-state index contributed by atoms with van der Waals surface area (Å²) in [6.45, 7) is 4.43. The molecule has 1 heterocycles. The molecule has 1 rings (SSSR count). The molecule has 3 heteroatoms. The summed E-state index contributed by atoms with van der Waals surface area (Å²) in [5, 5.41) is 10.3. The molecule has 0 unspecified atom stereocenters. The van der Waals surface area contributed by atoms with Crippen molar-refractivity contribution in [1.29, 1.82) is 0 Å². The summed E-state index contributed by atoms with van der Waals surface area (Å²) in [6.07, 6.45) is 18.1. The molecule has 148 valence electrons. The number of hydrogen-bond donors (Lipinski definition) is 1. The van der Waals surface area contributed by atoms with Gasteiger partial charge in [-0.2, -0.15) is 0 Å². The molecule has 0 aliphatic carbocycles. The molecule has 0 aromatic heterocycles. The van der Waals surface area contributed by atoms with Gasteiger partial charge in [-0.05, 0) is 19.3 Å². The lowest BCUT2D eigenvalue weighted by Crippen LogP contribution is -2.41. The van der Waals surface area contributed by atoms with Gasteiger partial charge in [-0.1, -0.05) is 90.9 Å². The number of hydrogen-bond acceptors (Lipinski definition) is 3. The number of aliphatic hydroxyl groups is 1. The van der Waals surface area contributed by atoms with Crippen LogP contribution in [0, 0.1) is 5.92 Å². The van der Waals surface area contributed by atoms with E-state index in [2.05, 4.69) is 13.8 Å². The topological polar surface area (TPSA) is 46.5 Å². The van der Waals surface area contributed by atoms with Crippen molar-refractivity contribution >= 4 is 5.97 Å². The zero-order chi connectivity index (χ0) is 18.3. The van der Waals surface area contributed by atoms with Gasteiger partial charge < -0.3 is 9.84 Å². The Hall–Kier alpha value is -0.570. The highest BCUT2D eigenvalue weighted by Crippen LogP contribution is 2.28. The summed E-state index contributed by atoms with van der Waals surface area (Å²) in [7, 11) is 0. The van der Waals surface area contributed by atoms with Crippen LogP contribution < -0.4 is 0 Å². The van der Waals surface area contributed by atoms with E-state index in [4.69, 9.17) is 4.74 Å². The van der Waals surface area contributed by atoms with E-state index in [1.165, 1.54) is 64.2 Å². The standard InChI is InChI=1S/C22H42O3/c1-3-5-7-9-10-11-12-13-14-16-19-18-21(23)20(22(24)25-19)17-15-8-6-4-2/h19-21,23H,3-18H2,1-2H3/t19-,20-,21+/m0/s1. The van der Waals surface area contributed by atoms with Gasteiger partial charge in [-0.15, -0.1) is 0 Å². The largest absolute Gasteiger partial charge is 0.462 e. The van der Waals surface area contributed by atoms with Gasteiger partial charge in [0, 0.05) is 6.42 Å². The SMILES string of the molecule is CCCCCCCCCCC[C@H]1C[C@@H](O)[C@H](CCCCCC)C(=O)O1. The molecule has 1 saturated heterocycles. The normalized spacial score (nSPS) is 23.6. The van der Waals surface area contributed by atoms with Crippen LogP contribution in [0.5, 0.6) is 0 Å². The summed E-state index contributed by atoms with van der Waals surface area (Å²) < 4.78 is 5.60. The van der Waals surface area contributed by atoms with Crippen molar-refractivity contribution in [1.82, 2.24) is 0 Å². The van der Waals surface area contributed by atoms with E-state index in [9.17, 15) is 9.90 Å². The maximum atomic E-state index is 12.2. The summed E-state index contributed by atoms with van der Waals surface area (Å²) in [5.41, 5.74) is 0. The first-order valence-electron chi connectivity index (χ1n) is 11.1. The average Bonchev–Trinajstić information content (AvgIpc) is 2.59. The monoisotopic (exact) mass is 354 g/mol. The van der Waals surface area contributed by atoms with Gasteiger partial charge in [-0.3, -0.25) is 4.79 Å². The second-order valence-corrected chi connectivity index (χ2v) is 7.93. The summed E-state index contributed by atoms with van der Waals surface area (Å²) in [6, 6.07) is 0. The summed E-state index contributed by atoms with van der Waals surface area (Å²) in [4.78, 5) is 12.2. The van der Waals surface area contributed by atoms with Gasteiger partial charge in [-0.25, -0.2) is 0 Å². The second-order valence-electron chi connectivity index (χ2n) is 7.93. The molecular formula is C22H42O3. The highest BCUT2D eigenvalue weighted by molar-refractivity contribution is 5.74. The van der Waals surface area contributed by atoms with Crippen molar-refractivity contribution in [3.63, 3.8) is 0 Å². The van der Waals surface area contributed by atoms with Crippen LogP contribution in [-0.2, 0) is 9.53 Å². The van der Waals surface area contributed by atoms with E-state index < -0.39 is 6.10 Å². The summed E-state index contributed by atoms with van der Waals surface area (Å²) in [5.74, 6) is -0.438. The average molecular weight is 355 g/mol. The molecule has 1 fully saturated rings. The Kier molecular flexibility index (Phi) is 13.1. The van der Waals surface area contributed by atoms with Crippen LogP contribution >= 0.6 is 0 Å². The molecular weight excluding hydrogens is 312 g/mol. The van der Waals surface area contributed by atoms with Crippen LogP contribution in [0.4, 0.5) is 0 Å². The van der Waals surface area contributed by atoms with Crippen molar-refractivity contribution < 1.29 is 14.6 Å². The van der Waals surface area contributed by atoms with E-state index in [1.807, 2.05) is 0 Å². The molecule has 0 aromatic carbocycles. The van der Waals surface area contributed by atoms with Gasteiger partial charge in [0.15, 0.2) is 0 Å². The first-order chi connectivity index (χ1) is 12.2. The quantitative estimate of drug-likeness (QED) is 0.282. The number of carbonyl (C=O) groups is 1. The Morgan fingerprint density at radius 1 is 0.800 bits per heavy atom. The Morgan fingerprint density at radius 2 is 1.28 bits per heavy atom. The Labute approximate surface area is 155 Å². The van der Waals surface area contributed by atoms with E-state index >= 15 is 0 Å². The van der Waals surface area contributed by atoms with E-state index in [1.54, 1.807) is 0 Å². The number of ether oxygens (including phenoxy) is 1. The van der Waals surface area contributed by atoms with Gasteiger partial charge >= 0.3 is 5.97 Å². The molecule has 1 N–H and O–H groups in total. The van der Waals surface area contributed by atoms with Crippen LogP contribution in [0.2, 0.25) is 0 Å². The highest BCUT2D eigenvalue weighted by atomic mass is 16.5. The van der Waals surface area contributed by atoms with E-state index in [0.29, 0.717) is 6.42 Å². The minimum atomic E-state index is -0.494. The fourth-order valence-electron chi connectivity index (χ4n) is 3.85. The van der Waals surface area contributed by atoms with Gasteiger partial charge in [0.1, 0.15) is 6.10 Å². The smallest absolute Gasteiger partial charge is 0.311 e. The van der Waals surface area contributed by atoms with Gasteiger partial charge in [0.25, 0.3) is 0 Å². The predicted molar refractivity (Wildman–Crippen MR) is 105 cm³/mol. The first kappa shape index (κ1) is 22.5. The molecule has 1 aliphatic rings. The Morgan fingerprint density at radius 3 is 1.84 bits per heavy atom. The molecule has 0 amide bonds. The highest BCUT2D eigenvalue weighted by Gasteiger charge is 2.36. The molecule has 0 bridgehead atoms. The number of unbranched alkanes of at least 4 members (excludes halogenated alkanes) is 11. The third-order valence-corrected chi connectivity index (χ3v) is 5.55. The Balaban J connectivity index is 2.06. The molecule has 0 spiro atoms. The molecule has 0 saturated carbocycles. The molecule has 0 radical (unpaired) electrons.